The maximum Gasteiger partial charge on any atom is 0.338 e. The first-order valence-electron chi connectivity index (χ1n) is 10.7. The van der Waals surface area contributed by atoms with Crippen molar-refractivity contribution in [3.63, 3.8) is 0 Å². The summed E-state index contributed by atoms with van der Waals surface area (Å²) >= 11 is 1.30. The highest BCUT2D eigenvalue weighted by atomic mass is 32.1. The summed E-state index contributed by atoms with van der Waals surface area (Å²) in [6, 6.07) is 4.06. The maximum atomic E-state index is 12.6. The predicted octanol–water partition coefficient (Wildman–Crippen LogP) is 1.76. The van der Waals surface area contributed by atoms with Gasteiger partial charge in [0, 0.05) is 25.1 Å². The van der Waals surface area contributed by atoms with Gasteiger partial charge in [0.2, 0.25) is 0 Å². The van der Waals surface area contributed by atoms with Crippen LogP contribution in [0.15, 0.2) is 18.2 Å². The number of nitrogens with one attached hydrogen (secondary N) is 1. The summed E-state index contributed by atoms with van der Waals surface area (Å²) in [5.74, 6) is -2.97. The second-order valence-corrected chi connectivity index (χ2v) is 9.02. The van der Waals surface area contributed by atoms with Gasteiger partial charge in [0.25, 0.3) is 23.6 Å². The zero-order valence-corrected chi connectivity index (χ0v) is 19.3. The van der Waals surface area contributed by atoms with Crippen LogP contribution in [-0.4, -0.2) is 61.4 Å². The minimum atomic E-state index is -0.820. The number of benzene rings is 1. The fraction of sp³-hybridized carbons (Fsp3) is 0.348. The third-order valence-electron chi connectivity index (χ3n) is 5.69. The summed E-state index contributed by atoms with van der Waals surface area (Å²) in [7, 11) is 1.53. The normalized spacial score (nSPS) is 14.2. The molecule has 1 aliphatic carbocycles. The number of primary amides is 1. The molecule has 178 valence electrons. The molecule has 4 amide bonds. The lowest BCUT2D eigenvalue weighted by atomic mass is 10.1. The van der Waals surface area contributed by atoms with Crippen molar-refractivity contribution in [2.45, 2.75) is 25.7 Å². The Morgan fingerprint density at radius 3 is 2.65 bits per heavy atom. The summed E-state index contributed by atoms with van der Waals surface area (Å²) in [5, 5.41) is 2.95. The molecular formula is C23H23N3O7S. The molecule has 1 aromatic heterocycles. The van der Waals surface area contributed by atoms with Crippen LogP contribution in [0.3, 0.4) is 0 Å². The second kappa shape index (κ2) is 9.74. The van der Waals surface area contributed by atoms with Crippen molar-refractivity contribution < 1.29 is 33.4 Å². The molecule has 2 aromatic rings. The van der Waals surface area contributed by atoms with Crippen molar-refractivity contribution in [1.82, 2.24) is 4.90 Å². The van der Waals surface area contributed by atoms with Gasteiger partial charge in [-0.1, -0.05) is 0 Å². The van der Waals surface area contributed by atoms with Crippen LogP contribution in [0.4, 0.5) is 5.00 Å². The first-order chi connectivity index (χ1) is 16.3. The van der Waals surface area contributed by atoms with Crippen LogP contribution >= 0.6 is 11.3 Å². The van der Waals surface area contributed by atoms with Gasteiger partial charge in [0.05, 0.1) is 22.3 Å². The smallest absolute Gasteiger partial charge is 0.338 e. The number of anilines is 1. The molecule has 0 atom stereocenters. The molecule has 0 unspecified atom stereocenters. The molecule has 11 heteroatoms. The van der Waals surface area contributed by atoms with Gasteiger partial charge in [-0.25, -0.2) is 4.79 Å². The average Bonchev–Trinajstić information content (AvgIpc) is 3.45. The molecular weight excluding hydrogens is 462 g/mol. The Morgan fingerprint density at radius 1 is 1.15 bits per heavy atom. The number of nitrogens with zero attached hydrogens (tertiary/aromatic N) is 1. The monoisotopic (exact) mass is 485 g/mol. The number of methoxy groups -OCH3 is 1. The molecule has 2 heterocycles. The van der Waals surface area contributed by atoms with Crippen molar-refractivity contribution in [1.29, 1.82) is 0 Å². The lowest BCUT2D eigenvalue weighted by molar-refractivity contribution is -0.119. The molecule has 4 rings (SSSR count). The number of imide groups is 1. The van der Waals surface area contributed by atoms with Crippen LogP contribution in [0.1, 0.15) is 64.7 Å². The summed E-state index contributed by atoms with van der Waals surface area (Å²) in [6.07, 6.45) is 3.00. The molecule has 1 aliphatic heterocycles. The Bertz CT molecular complexity index is 1200. The van der Waals surface area contributed by atoms with E-state index in [1.165, 1.54) is 36.6 Å². The van der Waals surface area contributed by atoms with E-state index in [0.717, 1.165) is 34.6 Å². The van der Waals surface area contributed by atoms with Crippen molar-refractivity contribution in [3.8, 4) is 0 Å². The number of amides is 4. The van der Waals surface area contributed by atoms with Gasteiger partial charge in [-0.2, -0.15) is 0 Å². The number of hydrogen-bond donors (Lipinski definition) is 2. The highest BCUT2D eigenvalue weighted by Gasteiger charge is 2.35. The molecule has 1 aromatic carbocycles. The Balaban J connectivity index is 1.38. The number of aryl methyl sites for hydroxylation is 1. The van der Waals surface area contributed by atoms with Gasteiger partial charge in [0.1, 0.15) is 5.00 Å². The average molecular weight is 486 g/mol. The molecule has 3 N–H and O–H groups in total. The molecule has 34 heavy (non-hydrogen) atoms. The zero-order valence-electron chi connectivity index (χ0n) is 18.5. The predicted molar refractivity (Wildman–Crippen MR) is 122 cm³/mol. The van der Waals surface area contributed by atoms with Crippen molar-refractivity contribution in [2.75, 3.05) is 32.2 Å². The van der Waals surface area contributed by atoms with Gasteiger partial charge in [-0.05, 0) is 49.4 Å². The van der Waals surface area contributed by atoms with Gasteiger partial charge in [-0.15, -0.1) is 11.3 Å². The standard InChI is InChI=1S/C23H23N3O7S/c1-32-9-3-8-26-21(29)13-7-6-12(10-15(13)22(26)30)23(31)33-11-17(27)25-20-18(19(24)28)14-4-2-5-16(14)34-20/h6-7,10H,2-5,8-9,11H2,1H3,(H2,24,28)(H,25,27). The lowest BCUT2D eigenvalue weighted by Crippen LogP contribution is -2.31. The summed E-state index contributed by atoms with van der Waals surface area (Å²) in [4.78, 5) is 63.9. The molecule has 0 fully saturated rings. The minimum absolute atomic E-state index is 0.0411. The van der Waals surface area contributed by atoms with E-state index < -0.39 is 36.2 Å². The summed E-state index contributed by atoms with van der Waals surface area (Å²) in [6.45, 7) is 0.0222. The number of carbonyl (C=O) groups is 5. The quantitative estimate of drug-likeness (QED) is 0.313. The van der Waals surface area contributed by atoms with Crippen LogP contribution in [0, 0.1) is 0 Å². The van der Waals surface area contributed by atoms with Gasteiger partial charge < -0.3 is 20.5 Å². The number of hydrogen-bond acceptors (Lipinski definition) is 8. The summed E-state index contributed by atoms with van der Waals surface area (Å²) < 4.78 is 10.0. The van der Waals surface area contributed by atoms with E-state index in [2.05, 4.69) is 5.32 Å². The van der Waals surface area contributed by atoms with Gasteiger partial charge >= 0.3 is 5.97 Å². The number of rotatable bonds is 9. The zero-order chi connectivity index (χ0) is 24.4. The molecule has 2 aliphatic rings. The molecule has 0 bridgehead atoms. The minimum Gasteiger partial charge on any atom is -0.452 e. The largest absolute Gasteiger partial charge is 0.452 e. The number of fused-ring (bicyclic) bond motifs is 2. The fourth-order valence-electron chi connectivity index (χ4n) is 4.12. The number of nitrogens with two attached hydrogens (primary N) is 1. The van der Waals surface area contributed by atoms with Gasteiger partial charge in [0.15, 0.2) is 6.61 Å². The van der Waals surface area contributed by atoms with Crippen LogP contribution in [0.25, 0.3) is 0 Å². The van der Waals surface area contributed by atoms with Crippen molar-refractivity contribution in [2.24, 2.45) is 5.73 Å². The number of thiophene rings is 1. The van der Waals surface area contributed by atoms with Crippen molar-refractivity contribution in [3.05, 3.63) is 50.9 Å². The lowest BCUT2D eigenvalue weighted by Gasteiger charge is -2.12. The Labute approximate surface area is 199 Å². The molecule has 0 saturated carbocycles. The van der Waals surface area contributed by atoms with E-state index in [0.29, 0.717) is 23.6 Å². The fourth-order valence-corrected chi connectivity index (χ4v) is 5.43. The van der Waals surface area contributed by atoms with E-state index >= 15 is 0 Å². The molecule has 0 saturated heterocycles. The van der Waals surface area contributed by atoms with Gasteiger partial charge in [-0.3, -0.25) is 24.1 Å². The van der Waals surface area contributed by atoms with Crippen molar-refractivity contribution >= 4 is 45.9 Å². The van der Waals surface area contributed by atoms with Crippen LogP contribution < -0.4 is 11.1 Å². The molecule has 10 nitrogen and oxygen atoms in total. The van der Waals surface area contributed by atoms with E-state index in [1.54, 1.807) is 0 Å². The van der Waals surface area contributed by atoms with Crippen LogP contribution in [0.5, 0.6) is 0 Å². The second-order valence-electron chi connectivity index (χ2n) is 7.92. The number of carbonyl (C=O) groups excluding carboxylic acids is 5. The number of esters is 1. The molecule has 0 spiro atoms. The van der Waals surface area contributed by atoms with E-state index in [-0.39, 0.29) is 23.2 Å². The van der Waals surface area contributed by atoms with Crippen LogP contribution in [0.2, 0.25) is 0 Å². The first-order valence-corrected chi connectivity index (χ1v) is 11.5. The Kier molecular flexibility index (Phi) is 6.75. The third-order valence-corrected chi connectivity index (χ3v) is 6.90. The Morgan fingerprint density at radius 2 is 1.91 bits per heavy atom. The van der Waals surface area contributed by atoms with E-state index in [4.69, 9.17) is 15.2 Å². The maximum absolute atomic E-state index is 12.6. The van der Waals surface area contributed by atoms with E-state index in [1.807, 2.05) is 0 Å². The summed E-state index contributed by atoms with van der Waals surface area (Å²) in [5.41, 5.74) is 7.04. The SMILES string of the molecule is COCCCN1C(=O)c2ccc(C(=O)OCC(=O)Nc3sc4c(c3C(N)=O)CCC4)cc2C1=O. The third kappa shape index (κ3) is 4.44. The molecule has 0 radical (unpaired) electrons. The topological polar surface area (TPSA) is 145 Å². The Hall–Kier alpha value is -3.57. The van der Waals surface area contributed by atoms with E-state index in [9.17, 15) is 24.0 Å². The first kappa shape index (κ1) is 23.6. The highest BCUT2D eigenvalue weighted by molar-refractivity contribution is 7.17. The van der Waals surface area contributed by atoms with Crippen LogP contribution in [-0.2, 0) is 27.1 Å². The highest BCUT2D eigenvalue weighted by Crippen LogP contribution is 2.38. The number of ether oxygens (including phenoxy) is 2.